The highest BCUT2D eigenvalue weighted by Gasteiger charge is 2.49. The van der Waals surface area contributed by atoms with Crippen molar-refractivity contribution in [2.24, 2.45) is 0 Å². The van der Waals surface area contributed by atoms with Crippen LogP contribution < -0.4 is 0 Å². The van der Waals surface area contributed by atoms with Gasteiger partial charge in [0.2, 0.25) is 0 Å². The molecule has 1 aliphatic carbocycles. The molecule has 1 aliphatic rings. The number of nitrogens with zero attached hydrogens (tertiary/aromatic N) is 3. The highest BCUT2D eigenvalue weighted by Crippen LogP contribution is 2.52. The standard InChI is InChI=1S/C18H17N3O2/c1-12-5-7-13(8-6-12)18(9-10-18)17-20-19-15-14(16(22)23-2)4-3-11-21(15)17/h3-8,11H,9-10H2,1-2H3. The summed E-state index contributed by atoms with van der Waals surface area (Å²) in [7, 11) is 1.37. The first-order valence-electron chi connectivity index (χ1n) is 7.65. The summed E-state index contributed by atoms with van der Waals surface area (Å²) in [6.45, 7) is 2.08. The second kappa shape index (κ2) is 4.91. The second-order valence-corrected chi connectivity index (χ2v) is 6.08. The topological polar surface area (TPSA) is 56.5 Å². The quantitative estimate of drug-likeness (QED) is 0.698. The zero-order valence-electron chi connectivity index (χ0n) is 13.1. The number of hydrogen-bond acceptors (Lipinski definition) is 4. The molecule has 5 heteroatoms. The summed E-state index contributed by atoms with van der Waals surface area (Å²) in [5.41, 5.74) is 3.38. The number of hydrogen-bond donors (Lipinski definition) is 0. The van der Waals surface area contributed by atoms with E-state index in [0.717, 1.165) is 18.7 Å². The molecular weight excluding hydrogens is 290 g/mol. The summed E-state index contributed by atoms with van der Waals surface area (Å²) < 4.78 is 6.75. The largest absolute Gasteiger partial charge is 0.465 e. The Labute approximate surface area is 133 Å². The normalized spacial score (nSPS) is 15.6. The van der Waals surface area contributed by atoms with Crippen LogP contribution in [0.5, 0.6) is 0 Å². The molecule has 0 unspecified atom stereocenters. The van der Waals surface area contributed by atoms with Crippen LogP contribution in [0.4, 0.5) is 0 Å². The monoisotopic (exact) mass is 307 g/mol. The fraction of sp³-hybridized carbons (Fsp3) is 0.278. The number of fused-ring (bicyclic) bond motifs is 1. The Kier molecular flexibility index (Phi) is 2.98. The molecule has 116 valence electrons. The summed E-state index contributed by atoms with van der Waals surface area (Å²) in [6.07, 6.45) is 3.99. The average molecular weight is 307 g/mol. The zero-order chi connectivity index (χ0) is 16.0. The van der Waals surface area contributed by atoms with E-state index >= 15 is 0 Å². The first kappa shape index (κ1) is 13.9. The summed E-state index contributed by atoms with van der Waals surface area (Å²) in [5.74, 6) is 0.497. The van der Waals surface area contributed by atoms with Crippen LogP contribution in [-0.4, -0.2) is 27.7 Å². The summed E-state index contributed by atoms with van der Waals surface area (Å²) in [5, 5.41) is 8.66. The first-order valence-corrected chi connectivity index (χ1v) is 7.65. The van der Waals surface area contributed by atoms with E-state index in [9.17, 15) is 4.79 Å². The van der Waals surface area contributed by atoms with Crippen molar-refractivity contribution in [2.45, 2.75) is 25.2 Å². The van der Waals surface area contributed by atoms with Crippen molar-refractivity contribution >= 4 is 11.6 Å². The Balaban J connectivity index is 1.87. The fourth-order valence-electron chi connectivity index (χ4n) is 3.15. The number of aryl methyl sites for hydroxylation is 1. The molecule has 23 heavy (non-hydrogen) atoms. The third-order valence-corrected chi connectivity index (χ3v) is 4.62. The Morgan fingerprint density at radius 2 is 1.91 bits per heavy atom. The minimum Gasteiger partial charge on any atom is -0.465 e. The number of carbonyl (C=O) groups is 1. The van der Waals surface area contributed by atoms with E-state index in [1.165, 1.54) is 18.2 Å². The van der Waals surface area contributed by atoms with Gasteiger partial charge in [-0.15, -0.1) is 10.2 Å². The van der Waals surface area contributed by atoms with Crippen molar-refractivity contribution in [3.8, 4) is 0 Å². The van der Waals surface area contributed by atoms with E-state index in [1.54, 1.807) is 6.07 Å². The van der Waals surface area contributed by atoms with Gasteiger partial charge in [0, 0.05) is 6.20 Å². The van der Waals surface area contributed by atoms with Crippen molar-refractivity contribution in [3.05, 3.63) is 65.1 Å². The van der Waals surface area contributed by atoms with Gasteiger partial charge < -0.3 is 4.74 Å². The molecule has 0 bridgehead atoms. The molecule has 1 aromatic carbocycles. The predicted molar refractivity (Wildman–Crippen MR) is 85.5 cm³/mol. The van der Waals surface area contributed by atoms with Crippen LogP contribution in [0.25, 0.3) is 5.65 Å². The van der Waals surface area contributed by atoms with Crippen LogP contribution in [0.2, 0.25) is 0 Å². The molecule has 3 aromatic rings. The van der Waals surface area contributed by atoms with Crippen molar-refractivity contribution < 1.29 is 9.53 Å². The predicted octanol–water partition coefficient (Wildman–Crippen LogP) is 2.90. The Bertz CT molecular complexity index is 892. The summed E-state index contributed by atoms with van der Waals surface area (Å²) >= 11 is 0. The molecule has 0 spiro atoms. The van der Waals surface area contributed by atoms with Crippen LogP contribution in [-0.2, 0) is 10.2 Å². The minimum atomic E-state index is -0.394. The zero-order valence-corrected chi connectivity index (χ0v) is 13.1. The van der Waals surface area contributed by atoms with Crippen LogP contribution >= 0.6 is 0 Å². The number of aromatic nitrogens is 3. The molecule has 0 atom stereocenters. The van der Waals surface area contributed by atoms with Gasteiger partial charge in [0.1, 0.15) is 11.4 Å². The summed E-state index contributed by atoms with van der Waals surface area (Å²) in [6, 6.07) is 12.1. The Hall–Kier alpha value is -2.69. The number of carbonyl (C=O) groups excluding carboxylic acids is 1. The van der Waals surface area contributed by atoms with Crippen LogP contribution in [0, 0.1) is 6.92 Å². The lowest BCUT2D eigenvalue weighted by Gasteiger charge is -2.14. The van der Waals surface area contributed by atoms with Gasteiger partial charge in [-0.25, -0.2) is 4.79 Å². The number of rotatable bonds is 3. The molecule has 1 saturated carbocycles. The van der Waals surface area contributed by atoms with Gasteiger partial charge in [-0.3, -0.25) is 4.40 Å². The molecule has 0 aliphatic heterocycles. The lowest BCUT2D eigenvalue weighted by molar-refractivity contribution is 0.0602. The maximum Gasteiger partial charge on any atom is 0.341 e. The maximum absolute atomic E-state index is 11.9. The lowest BCUT2D eigenvalue weighted by Crippen LogP contribution is -2.14. The third kappa shape index (κ3) is 2.04. The van der Waals surface area contributed by atoms with E-state index in [2.05, 4.69) is 41.4 Å². The number of methoxy groups -OCH3 is 1. The van der Waals surface area contributed by atoms with Gasteiger partial charge >= 0.3 is 5.97 Å². The number of pyridine rings is 1. The Morgan fingerprint density at radius 3 is 2.57 bits per heavy atom. The van der Waals surface area contributed by atoms with Gasteiger partial charge in [0.15, 0.2) is 5.65 Å². The van der Waals surface area contributed by atoms with E-state index in [-0.39, 0.29) is 5.41 Å². The molecule has 0 saturated heterocycles. The van der Waals surface area contributed by atoms with Gasteiger partial charge in [-0.2, -0.15) is 0 Å². The van der Waals surface area contributed by atoms with Gasteiger partial charge in [-0.1, -0.05) is 29.8 Å². The number of ether oxygens (including phenoxy) is 1. The highest BCUT2D eigenvalue weighted by atomic mass is 16.5. The number of benzene rings is 1. The SMILES string of the molecule is COC(=O)c1cccn2c(C3(c4ccc(C)cc4)CC3)nnc12. The van der Waals surface area contributed by atoms with Gasteiger partial charge in [0.05, 0.1) is 12.5 Å². The minimum absolute atomic E-state index is 0.0954. The first-order chi connectivity index (χ1) is 11.2. The van der Waals surface area contributed by atoms with Crippen molar-refractivity contribution in [1.82, 2.24) is 14.6 Å². The van der Waals surface area contributed by atoms with E-state index in [4.69, 9.17) is 4.74 Å². The molecule has 2 heterocycles. The maximum atomic E-state index is 11.9. The van der Waals surface area contributed by atoms with E-state index < -0.39 is 5.97 Å². The third-order valence-electron chi connectivity index (χ3n) is 4.62. The molecule has 4 rings (SSSR count). The molecule has 2 aromatic heterocycles. The van der Waals surface area contributed by atoms with Gasteiger partial charge in [-0.05, 0) is 37.5 Å². The molecular formula is C18H17N3O2. The van der Waals surface area contributed by atoms with Crippen LogP contribution in [0.3, 0.4) is 0 Å². The summed E-state index contributed by atoms with van der Waals surface area (Å²) in [4.78, 5) is 11.9. The van der Waals surface area contributed by atoms with Crippen LogP contribution in [0.15, 0.2) is 42.6 Å². The van der Waals surface area contributed by atoms with Crippen LogP contribution in [0.1, 0.15) is 40.2 Å². The van der Waals surface area contributed by atoms with Crippen molar-refractivity contribution in [2.75, 3.05) is 7.11 Å². The smallest absolute Gasteiger partial charge is 0.341 e. The lowest BCUT2D eigenvalue weighted by atomic mass is 9.94. The van der Waals surface area contributed by atoms with Crippen molar-refractivity contribution in [3.63, 3.8) is 0 Å². The van der Waals surface area contributed by atoms with E-state index in [1.807, 2.05) is 16.7 Å². The molecule has 0 N–H and O–H groups in total. The van der Waals surface area contributed by atoms with Gasteiger partial charge in [0.25, 0.3) is 0 Å². The Morgan fingerprint density at radius 1 is 1.17 bits per heavy atom. The fourth-order valence-corrected chi connectivity index (χ4v) is 3.15. The highest BCUT2D eigenvalue weighted by molar-refractivity contribution is 5.95. The number of esters is 1. The molecule has 1 fully saturated rings. The average Bonchev–Trinajstić information content (AvgIpc) is 3.26. The second-order valence-electron chi connectivity index (χ2n) is 6.08. The molecule has 5 nitrogen and oxygen atoms in total. The van der Waals surface area contributed by atoms with E-state index in [0.29, 0.717) is 11.2 Å². The molecule has 0 amide bonds. The molecule has 0 radical (unpaired) electrons. The van der Waals surface area contributed by atoms with Crippen molar-refractivity contribution in [1.29, 1.82) is 0 Å².